The summed E-state index contributed by atoms with van der Waals surface area (Å²) in [7, 11) is 8.82. The van der Waals surface area contributed by atoms with Crippen LogP contribution >= 0.6 is 0 Å². The number of piperazine rings is 1. The summed E-state index contributed by atoms with van der Waals surface area (Å²) in [5.41, 5.74) is 4.49. The highest BCUT2D eigenvalue weighted by Gasteiger charge is 2.69. The Morgan fingerprint density at radius 3 is 2.23 bits per heavy atom. The van der Waals surface area contributed by atoms with E-state index in [1.54, 1.807) is 14.1 Å². The van der Waals surface area contributed by atoms with Crippen molar-refractivity contribution in [2.24, 2.45) is 29.4 Å². The Bertz CT molecular complexity index is 1320. The molecule has 0 radical (unpaired) electrons. The molecule has 6 unspecified atom stereocenters. The van der Waals surface area contributed by atoms with Crippen LogP contribution in [-0.4, -0.2) is 122 Å². The van der Waals surface area contributed by atoms with Crippen LogP contribution in [0.25, 0.3) is 0 Å². The van der Waals surface area contributed by atoms with Gasteiger partial charge in [-0.3, -0.25) is 28.9 Å². The van der Waals surface area contributed by atoms with Gasteiger partial charge in [-0.2, -0.15) is 0 Å². The lowest BCUT2D eigenvalue weighted by Crippen LogP contribution is -2.74. The Hall–Kier alpha value is -3.35. The van der Waals surface area contributed by atoms with Gasteiger partial charge in [0.25, 0.3) is 0 Å². The molecule has 12 nitrogen and oxygen atoms in total. The molecule has 4 N–H and O–H groups in total. The summed E-state index contributed by atoms with van der Waals surface area (Å²) in [6.07, 6.45) is 0.258. The third-order valence-electron chi connectivity index (χ3n) is 9.34. The quantitative estimate of drug-likeness (QED) is 0.378. The fourth-order valence-electron chi connectivity index (χ4n) is 7.33. The maximum atomic E-state index is 14.1. The van der Waals surface area contributed by atoms with Gasteiger partial charge in [-0.1, -0.05) is 0 Å². The molecule has 0 bridgehead atoms. The minimum absolute atomic E-state index is 0.0201. The number of nitrogens with zero attached hydrogens (tertiary/aromatic N) is 4. The van der Waals surface area contributed by atoms with E-state index < -0.39 is 64.4 Å². The second-order valence-electron chi connectivity index (χ2n) is 12.1. The number of phenolic OH excluding ortho intramolecular Hbond substituents is 1. The number of primary amides is 1. The van der Waals surface area contributed by atoms with Gasteiger partial charge in [-0.25, -0.2) is 0 Å². The molecular formula is C28H37N5O7. The molecule has 0 aromatic heterocycles. The van der Waals surface area contributed by atoms with Gasteiger partial charge in [-0.05, 0) is 51.5 Å². The summed E-state index contributed by atoms with van der Waals surface area (Å²) in [5, 5.41) is 23.2. The Balaban J connectivity index is 1.64. The van der Waals surface area contributed by atoms with Crippen molar-refractivity contribution in [3.63, 3.8) is 0 Å². The molecule has 1 aromatic carbocycles. The number of rotatable bonds is 4. The molecule has 0 spiro atoms. The molecule has 40 heavy (non-hydrogen) atoms. The molecule has 6 atom stereocenters. The monoisotopic (exact) mass is 555 g/mol. The second kappa shape index (κ2) is 9.64. The number of aromatic hydroxyl groups is 1. The first-order valence-electron chi connectivity index (χ1n) is 13.6. The number of aliphatic hydroxyl groups is 1. The zero-order valence-corrected chi connectivity index (χ0v) is 23.5. The fraction of sp³-hybridized carbons (Fsp3) is 0.607. The van der Waals surface area contributed by atoms with Crippen LogP contribution in [0, 0.1) is 23.7 Å². The van der Waals surface area contributed by atoms with E-state index in [1.807, 2.05) is 37.0 Å². The van der Waals surface area contributed by atoms with Crippen molar-refractivity contribution in [2.75, 3.05) is 71.2 Å². The van der Waals surface area contributed by atoms with E-state index in [0.29, 0.717) is 24.3 Å². The van der Waals surface area contributed by atoms with Crippen LogP contribution in [0.2, 0.25) is 0 Å². The highest BCUT2D eigenvalue weighted by atomic mass is 16.3. The van der Waals surface area contributed by atoms with Crippen molar-refractivity contribution in [3.05, 3.63) is 17.2 Å². The molecular weight excluding hydrogens is 518 g/mol. The highest BCUT2D eigenvalue weighted by Crippen LogP contribution is 2.53. The Morgan fingerprint density at radius 2 is 1.68 bits per heavy atom. The first kappa shape index (κ1) is 28.2. The van der Waals surface area contributed by atoms with Gasteiger partial charge in [0.2, 0.25) is 5.91 Å². The summed E-state index contributed by atoms with van der Waals surface area (Å²) in [5.74, 6) is -10.3. The minimum Gasteiger partial charge on any atom is -0.505 e. The average molecular weight is 556 g/mol. The van der Waals surface area contributed by atoms with Gasteiger partial charge < -0.3 is 30.6 Å². The van der Waals surface area contributed by atoms with Gasteiger partial charge in [0, 0.05) is 51.9 Å². The van der Waals surface area contributed by atoms with Gasteiger partial charge in [0.05, 0.1) is 23.2 Å². The van der Waals surface area contributed by atoms with Crippen LogP contribution < -0.4 is 15.5 Å². The predicted molar refractivity (Wildman–Crippen MR) is 145 cm³/mol. The smallest absolute Gasteiger partial charge is 0.235 e. The molecule has 216 valence electrons. The maximum absolute atomic E-state index is 14.1. The van der Waals surface area contributed by atoms with Crippen molar-refractivity contribution in [2.45, 2.75) is 24.5 Å². The summed E-state index contributed by atoms with van der Waals surface area (Å²) >= 11 is 0. The molecule has 2 saturated carbocycles. The number of Topliss-reactive ketones (excluding diaryl/α,β-unsaturated/α-hetero) is 4. The third-order valence-corrected chi connectivity index (χ3v) is 9.34. The van der Waals surface area contributed by atoms with E-state index in [4.69, 9.17) is 5.73 Å². The minimum atomic E-state index is -2.73. The molecule has 5 rings (SSSR count). The van der Waals surface area contributed by atoms with Gasteiger partial charge >= 0.3 is 0 Å². The largest absolute Gasteiger partial charge is 0.505 e. The molecule has 3 aliphatic carbocycles. The number of likely N-dealkylation sites (N-methyl/N-ethyl adjacent to an activating group) is 2. The van der Waals surface area contributed by atoms with E-state index in [2.05, 4.69) is 4.90 Å². The van der Waals surface area contributed by atoms with E-state index >= 15 is 0 Å². The van der Waals surface area contributed by atoms with Gasteiger partial charge in [0.1, 0.15) is 5.75 Å². The number of fused-ring (bicyclic) bond motifs is 3. The Morgan fingerprint density at radius 1 is 1.05 bits per heavy atom. The first-order chi connectivity index (χ1) is 18.7. The molecule has 1 saturated heterocycles. The zero-order chi connectivity index (χ0) is 29.4. The maximum Gasteiger partial charge on any atom is 0.235 e. The number of phenols is 1. The normalized spacial score (nSPS) is 32.6. The predicted octanol–water partition coefficient (Wildman–Crippen LogP) is -1.32. The molecule has 1 aromatic rings. The van der Waals surface area contributed by atoms with E-state index in [-0.39, 0.29) is 24.2 Å². The number of amides is 1. The van der Waals surface area contributed by atoms with E-state index in [0.717, 1.165) is 18.8 Å². The van der Waals surface area contributed by atoms with Crippen molar-refractivity contribution in [3.8, 4) is 5.75 Å². The summed E-state index contributed by atoms with van der Waals surface area (Å²) in [4.78, 5) is 74.6. The van der Waals surface area contributed by atoms with Crippen molar-refractivity contribution < 1.29 is 34.2 Å². The molecule has 1 amide bonds. The van der Waals surface area contributed by atoms with Crippen LogP contribution in [0.3, 0.4) is 0 Å². The number of nitrogens with two attached hydrogens (primary N) is 1. The Kier molecular flexibility index (Phi) is 6.79. The summed E-state index contributed by atoms with van der Waals surface area (Å²) in [6.45, 7) is 2.82. The lowest BCUT2D eigenvalue weighted by atomic mass is 9.52. The molecule has 4 aliphatic rings. The van der Waals surface area contributed by atoms with E-state index in [1.165, 1.54) is 4.90 Å². The van der Waals surface area contributed by atoms with E-state index in [9.17, 15) is 34.2 Å². The number of hydrogen-bond acceptors (Lipinski definition) is 11. The molecule has 1 heterocycles. The average Bonchev–Trinajstić information content (AvgIpc) is 2.86. The Labute approximate surface area is 232 Å². The number of benzene rings is 1. The lowest BCUT2D eigenvalue weighted by Gasteiger charge is -2.52. The molecule has 1 aliphatic heterocycles. The molecule has 12 heteroatoms. The van der Waals surface area contributed by atoms with Crippen molar-refractivity contribution >= 4 is 40.4 Å². The fourth-order valence-corrected chi connectivity index (χ4v) is 7.33. The van der Waals surface area contributed by atoms with Crippen LogP contribution in [0.15, 0.2) is 6.07 Å². The first-order valence-corrected chi connectivity index (χ1v) is 13.6. The number of carbonyl (C=O) groups is 5. The SMILES string of the molecule is CN1CCN(c2cc(N(C)C)c3c(c2O)C(=O)C2C(=O)C4(O)C(=O)C(C(N)=O)C(=O)C(N(C)C)C4CC2C3)CC1. The highest BCUT2D eigenvalue weighted by molar-refractivity contribution is 6.32. The standard InChI is InChI=1S/C28H37N5O7/c1-30(2)16-12-17(33-8-6-32(5)7-9-33)22(34)19-14(16)10-13-11-15-21(31(3)4)24(36)20(27(29)39)26(38)28(15,40)25(37)18(13)23(19)35/h12-13,15,18,20-21,34,40H,6-11H2,1-5H3,(H2,29,39). The second-order valence-corrected chi connectivity index (χ2v) is 12.1. The van der Waals surface area contributed by atoms with Crippen LogP contribution in [-0.2, 0) is 25.6 Å². The number of carbonyl (C=O) groups excluding carboxylic acids is 5. The van der Waals surface area contributed by atoms with Crippen LogP contribution in [0.4, 0.5) is 11.4 Å². The third kappa shape index (κ3) is 3.87. The van der Waals surface area contributed by atoms with Crippen LogP contribution in [0.5, 0.6) is 5.75 Å². The summed E-state index contributed by atoms with van der Waals surface area (Å²) in [6, 6.07) is 0.741. The lowest BCUT2D eigenvalue weighted by molar-refractivity contribution is -0.181. The van der Waals surface area contributed by atoms with Gasteiger partial charge in [-0.15, -0.1) is 0 Å². The van der Waals surface area contributed by atoms with Crippen molar-refractivity contribution in [1.29, 1.82) is 0 Å². The summed E-state index contributed by atoms with van der Waals surface area (Å²) < 4.78 is 0. The van der Waals surface area contributed by atoms with Crippen LogP contribution in [0.1, 0.15) is 22.3 Å². The number of anilines is 2. The van der Waals surface area contributed by atoms with Gasteiger partial charge in [0.15, 0.2) is 34.7 Å². The topological polar surface area (TPSA) is 165 Å². The number of hydrogen-bond donors (Lipinski definition) is 3. The molecule has 3 fully saturated rings. The number of ketones is 4. The van der Waals surface area contributed by atoms with Crippen molar-refractivity contribution in [1.82, 2.24) is 9.80 Å². The zero-order valence-electron chi connectivity index (χ0n) is 23.5.